The Morgan fingerprint density at radius 2 is 2.11 bits per heavy atom. The van der Waals surface area contributed by atoms with Crippen molar-refractivity contribution in [3.8, 4) is 17.5 Å². The minimum atomic E-state index is -0.431. The number of nitrogens with one attached hydrogen (secondary N) is 1. The van der Waals surface area contributed by atoms with Gasteiger partial charge in [-0.1, -0.05) is 11.8 Å². The van der Waals surface area contributed by atoms with Gasteiger partial charge in [0.15, 0.2) is 5.17 Å². The lowest BCUT2D eigenvalue weighted by Crippen LogP contribution is -2.28. The third-order valence-corrected chi connectivity index (χ3v) is 5.16. The Morgan fingerprint density at radius 3 is 2.70 bits per heavy atom. The van der Waals surface area contributed by atoms with E-state index >= 15 is 0 Å². The number of ether oxygens (including phenoxy) is 1. The van der Waals surface area contributed by atoms with Crippen LogP contribution in [-0.2, 0) is 4.79 Å². The third-order valence-electron chi connectivity index (χ3n) is 4.27. The standard InChI is InChI=1S/C20H20N4O2S/c1-13-10-15(11-16(12-21)19(25)23-20-22-8-9-27-20)14(2)24(13)17-4-6-18(26-3)7-5-17/h4-7,10-11H,8-9H2,1-3H3,(H,22,23,25)/b16-11-. The first-order valence-electron chi connectivity index (χ1n) is 8.47. The number of amides is 1. The number of amidine groups is 1. The topological polar surface area (TPSA) is 79.4 Å². The molecule has 1 aromatic carbocycles. The highest BCUT2D eigenvalue weighted by atomic mass is 32.2. The maximum Gasteiger partial charge on any atom is 0.267 e. The first kappa shape index (κ1) is 18.8. The van der Waals surface area contributed by atoms with E-state index < -0.39 is 5.91 Å². The van der Waals surface area contributed by atoms with Gasteiger partial charge >= 0.3 is 0 Å². The van der Waals surface area contributed by atoms with Gasteiger partial charge in [0.25, 0.3) is 5.91 Å². The third kappa shape index (κ3) is 4.07. The van der Waals surface area contributed by atoms with Crippen LogP contribution in [-0.4, -0.2) is 35.0 Å². The van der Waals surface area contributed by atoms with Crippen molar-refractivity contribution in [2.24, 2.45) is 4.99 Å². The maximum atomic E-state index is 12.4. The number of carbonyl (C=O) groups excluding carboxylic acids is 1. The van der Waals surface area contributed by atoms with Gasteiger partial charge in [-0.05, 0) is 55.8 Å². The summed E-state index contributed by atoms with van der Waals surface area (Å²) in [5.74, 6) is 1.21. The lowest BCUT2D eigenvalue weighted by atomic mass is 10.1. The van der Waals surface area contributed by atoms with E-state index in [9.17, 15) is 10.1 Å². The fourth-order valence-corrected chi connectivity index (χ4v) is 3.67. The number of carbonyl (C=O) groups is 1. The normalized spacial score (nSPS) is 13.9. The molecule has 1 amide bonds. The van der Waals surface area contributed by atoms with Crippen LogP contribution in [0.3, 0.4) is 0 Å². The van der Waals surface area contributed by atoms with E-state index in [-0.39, 0.29) is 5.57 Å². The maximum absolute atomic E-state index is 12.4. The molecule has 2 aromatic rings. The van der Waals surface area contributed by atoms with Crippen LogP contribution < -0.4 is 10.1 Å². The fraction of sp³-hybridized carbons (Fsp3) is 0.250. The molecule has 0 spiro atoms. The molecular weight excluding hydrogens is 360 g/mol. The number of aromatic nitrogens is 1. The van der Waals surface area contributed by atoms with Crippen LogP contribution in [0, 0.1) is 25.2 Å². The van der Waals surface area contributed by atoms with E-state index in [1.54, 1.807) is 13.2 Å². The van der Waals surface area contributed by atoms with Crippen molar-refractivity contribution in [1.82, 2.24) is 9.88 Å². The van der Waals surface area contributed by atoms with E-state index in [0.717, 1.165) is 34.1 Å². The molecule has 0 radical (unpaired) electrons. The molecule has 7 heteroatoms. The minimum absolute atomic E-state index is 0.0557. The smallest absolute Gasteiger partial charge is 0.267 e. The van der Waals surface area contributed by atoms with Crippen molar-refractivity contribution in [2.45, 2.75) is 13.8 Å². The Kier molecular flexibility index (Phi) is 5.67. The monoisotopic (exact) mass is 380 g/mol. The zero-order chi connectivity index (χ0) is 19.4. The van der Waals surface area contributed by atoms with E-state index in [2.05, 4.69) is 14.9 Å². The molecule has 2 heterocycles. The predicted molar refractivity (Wildman–Crippen MR) is 108 cm³/mol. The Hall–Kier alpha value is -2.98. The molecule has 6 nitrogen and oxygen atoms in total. The highest BCUT2D eigenvalue weighted by molar-refractivity contribution is 8.14. The van der Waals surface area contributed by atoms with Crippen LogP contribution in [0.1, 0.15) is 17.0 Å². The Labute approximate surface area is 162 Å². The molecular formula is C20H20N4O2S. The van der Waals surface area contributed by atoms with Crippen LogP contribution >= 0.6 is 11.8 Å². The van der Waals surface area contributed by atoms with Crippen LogP contribution in [0.4, 0.5) is 0 Å². The summed E-state index contributed by atoms with van der Waals surface area (Å²) in [6.07, 6.45) is 1.62. The summed E-state index contributed by atoms with van der Waals surface area (Å²) in [7, 11) is 1.63. The number of hydrogen-bond acceptors (Lipinski definition) is 5. The lowest BCUT2D eigenvalue weighted by Gasteiger charge is -2.10. The molecule has 0 fully saturated rings. The van der Waals surface area contributed by atoms with Gasteiger partial charge in [-0.15, -0.1) is 0 Å². The second-order valence-corrected chi connectivity index (χ2v) is 7.10. The predicted octanol–water partition coefficient (Wildman–Crippen LogP) is 3.23. The number of nitrogens with zero attached hydrogens (tertiary/aromatic N) is 3. The van der Waals surface area contributed by atoms with Crippen LogP contribution in [0.5, 0.6) is 5.75 Å². The largest absolute Gasteiger partial charge is 0.497 e. The number of aryl methyl sites for hydroxylation is 1. The van der Waals surface area contributed by atoms with Crippen LogP contribution in [0.15, 0.2) is 40.9 Å². The Morgan fingerprint density at radius 1 is 1.37 bits per heavy atom. The van der Waals surface area contributed by atoms with Crippen LogP contribution in [0.25, 0.3) is 11.8 Å². The van der Waals surface area contributed by atoms with Gasteiger partial charge < -0.3 is 14.6 Å². The average Bonchev–Trinajstić information content (AvgIpc) is 3.27. The Bertz CT molecular complexity index is 965. The van der Waals surface area contributed by atoms with Crippen molar-refractivity contribution in [3.63, 3.8) is 0 Å². The summed E-state index contributed by atoms with van der Waals surface area (Å²) in [5.41, 5.74) is 3.84. The summed E-state index contributed by atoms with van der Waals surface area (Å²) in [5, 5.41) is 12.7. The first-order valence-corrected chi connectivity index (χ1v) is 9.46. The quantitative estimate of drug-likeness (QED) is 0.652. The molecule has 1 aliphatic heterocycles. The highest BCUT2D eigenvalue weighted by Crippen LogP contribution is 2.24. The molecule has 1 N–H and O–H groups in total. The molecule has 1 aliphatic rings. The molecule has 138 valence electrons. The fourth-order valence-electron chi connectivity index (χ4n) is 2.94. The van der Waals surface area contributed by atoms with Gasteiger partial charge in [0.2, 0.25) is 0 Å². The van der Waals surface area contributed by atoms with Gasteiger partial charge in [0.1, 0.15) is 17.4 Å². The average molecular weight is 380 g/mol. The molecule has 0 saturated carbocycles. The first-order chi connectivity index (χ1) is 13.0. The molecule has 27 heavy (non-hydrogen) atoms. The van der Waals surface area contributed by atoms with Gasteiger partial charge in [-0.3, -0.25) is 9.79 Å². The summed E-state index contributed by atoms with van der Waals surface area (Å²) < 4.78 is 7.29. The van der Waals surface area contributed by atoms with Gasteiger partial charge in [-0.2, -0.15) is 5.26 Å². The molecule has 0 unspecified atom stereocenters. The molecule has 3 rings (SSSR count). The van der Waals surface area contributed by atoms with E-state index in [4.69, 9.17) is 4.74 Å². The number of rotatable bonds is 4. The zero-order valence-electron chi connectivity index (χ0n) is 15.4. The number of nitriles is 1. The second-order valence-electron chi connectivity index (χ2n) is 6.02. The molecule has 0 bridgehead atoms. The summed E-state index contributed by atoms with van der Waals surface area (Å²) in [6.45, 7) is 4.65. The zero-order valence-corrected chi connectivity index (χ0v) is 16.3. The summed E-state index contributed by atoms with van der Waals surface area (Å²) >= 11 is 1.48. The van der Waals surface area contributed by atoms with Crippen molar-refractivity contribution >= 4 is 28.9 Å². The Balaban J connectivity index is 1.90. The van der Waals surface area contributed by atoms with Gasteiger partial charge in [0, 0.05) is 22.8 Å². The van der Waals surface area contributed by atoms with Crippen molar-refractivity contribution in [1.29, 1.82) is 5.26 Å². The number of methoxy groups -OCH3 is 1. The van der Waals surface area contributed by atoms with Crippen LogP contribution in [0.2, 0.25) is 0 Å². The lowest BCUT2D eigenvalue weighted by molar-refractivity contribution is -0.115. The highest BCUT2D eigenvalue weighted by Gasteiger charge is 2.16. The summed E-state index contributed by atoms with van der Waals surface area (Å²) in [6, 6.07) is 11.7. The number of aliphatic imine (C=N–C) groups is 1. The molecule has 0 aliphatic carbocycles. The van der Waals surface area contributed by atoms with Crippen molar-refractivity contribution in [3.05, 3.63) is 52.9 Å². The molecule has 0 atom stereocenters. The second kappa shape index (κ2) is 8.14. The molecule has 1 aromatic heterocycles. The number of hydrogen-bond donors (Lipinski definition) is 1. The van der Waals surface area contributed by atoms with Gasteiger partial charge in [-0.25, -0.2) is 0 Å². The van der Waals surface area contributed by atoms with E-state index in [0.29, 0.717) is 11.7 Å². The van der Waals surface area contributed by atoms with Crippen molar-refractivity contribution < 1.29 is 9.53 Å². The molecule has 0 saturated heterocycles. The summed E-state index contributed by atoms with van der Waals surface area (Å²) in [4.78, 5) is 16.5. The SMILES string of the molecule is COc1ccc(-n2c(C)cc(/C=C(/C#N)C(=O)NC3=NCCS3)c2C)cc1. The van der Waals surface area contributed by atoms with E-state index in [1.807, 2.05) is 50.2 Å². The minimum Gasteiger partial charge on any atom is -0.497 e. The van der Waals surface area contributed by atoms with Gasteiger partial charge in [0.05, 0.1) is 13.7 Å². The number of benzene rings is 1. The van der Waals surface area contributed by atoms with E-state index in [1.165, 1.54) is 11.8 Å². The van der Waals surface area contributed by atoms with Crippen molar-refractivity contribution in [2.75, 3.05) is 19.4 Å². The number of thioether (sulfide) groups is 1.